The van der Waals surface area contributed by atoms with Gasteiger partial charge in [0, 0.05) is 18.6 Å². The van der Waals surface area contributed by atoms with Crippen molar-refractivity contribution in [2.24, 2.45) is 5.84 Å². The molecule has 0 aliphatic rings. The number of aliphatic hydroxyl groups excluding tert-OH is 1. The molecule has 1 rings (SSSR count). The van der Waals surface area contributed by atoms with Crippen LogP contribution in [0.1, 0.15) is 0 Å². The quantitative estimate of drug-likeness (QED) is 0.583. The zero-order valence-corrected chi connectivity index (χ0v) is 9.31. The Morgan fingerprint density at radius 1 is 1.47 bits per heavy atom. The molecule has 1 atom stereocenters. The molecule has 0 radical (unpaired) electrons. The first-order valence-corrected chi connectivity index (χ1v) is 4.98. The summed E-state index contributed by atoms with van der Waals surface area (Å²) in [7, 11) is 1.69. The van der Waals surface area contributed by atoms with E-state index in [4.69, 9.17) is 22.2 Å². The molecule has 0 aliphatic heterocycles. The van der Waals surface area contributed by atoms with E-state index in [9.17, 15) is 5.11 Å². The Balaban J connectivity index is 2.33. The molecule has 0 saturated heterocycles. The van der Waals surface area contributed by atoms with Crippen LogP contribution in [-0.4, -0.2) is 36.4 Å². The zero-order valence-electron chi connectivity index (χ0n) is 8.56. The Labute approximate surface area is 94.2 Å². The van der Waals surface area contributed by atoms with Gasteiger partial charge in [0.05, 0.1) is 0 Å². The van der Waals surface area contributed by atoms with Crippen molar-refractivity contribution in [1.29, 1.82) is 0 Å². The first kappa shape index (κ1) is 12.3. The van der Waals surface area contributed by atoms with Gasteiger partial charge >= 0.3 is 0 Å². The van der Waals surface area contributed by atoms with Gasteiger partial charge in [0.15, 0.2) is 0 Å². The largest absolute Gasteiger partial charge is 0.491 e. The summed E-state index contributed by atoms with van der Waals surface area (Å²) in [6, 6.07) is 6.97. The van der Waals surface area contributed by atoms with Crippen LogP contribution in [0.2, 0.25) is 5.02 Å². The number of halogens is 1. The van der Waals surface area contributed by atoms with Gasteiger partial charge in [0.1, 0.15) is 18.5 Å². The van der Waals surface area contributed by atoms with Crippen LogP contribution >= 0.6 is 11.6 Å². The highest BCUT2D eigenvalue weighted by atomic mass is 35.5. The molecule has 1 unspecified atom stereocenters. The van der Waals surface area contributed by atoms with Crippen molar-refractivity contribution in [2.75, 3.05) is 20.2 Å². The predicted molar refractivity (Wildman–Crippen MR) is 59.8 cm³/mol. The molecule has 0 spiro atoms. The Hall–Kier alpha value is -0.810. The van der Waals surface area contributed by atoms with E-state index in [2.05, 4.69) is 0 Å². The fourth-order valence-corrected chi connectivity index (χ4v) is 1.23. The minimum Gasteiger partial charge on any atom is -0.491 e. The molecule has 0 saturated carbocycles. The molecule has 4 nitrogen and oxygen atoms in total. The highest BCUT2D eigenvalue weighted by Gasteiger charge is 2.06. The number of ether oxygens (including phenoxy) is 1. The lowest BCUT2D eigenvalue weighted by Crippen LogP contribution is -2.37. The van der Waals surface area contributed by atoms with Gasteiger partial charge in [0.25, 0.3) is 0 Å². The van der Waals surface area contributed by atoms with Gasteiger partial charge in [-0.05, 0) is 24.3 Å². The Morgan fingerprint density at radius 2 is 2.07 bits per heavy atom. The Bertz CT molecular complexity index is 290. The number of nitrogens with zero attached hydrogens (tertiary/aromatic N) is 1. The summed E-state index contributed by atoms with van der Waals surface area (Å²) in [5.74, 6) is 6.06. The second-order valence-corrected chi connectivity index (χ2v) is 3.79. The lowest BCUT2D eigenvalue weighted by Gasteiger charge is -2.16. The first-order chi connectivity index (χ1) is 7.08. The molecule has 0 aliphatic carbocycles. The number of hydrogen-bond acceptors (Lipinski definition) is 4. The number of likely N-dealkylation sites (N-methyl/N-ethyl adjacent to an activating group) is 1. The van der Waals surface area contributed by atoms with Crippen LogP contribution < -0.4 is 10.6 Å². The maximum atomic E-state index is 9.46. The number of aliphatic hydroxyl groups is 1. The summed E-state index contributed by atoms with van der Waals surface area (Å²) in [5.41, 5.74) is 0. The lowest BCUT2D eigenvalue weighted by atomic mass is 10.3. The predicted octanol–water partition coefficient (Wildman–Crippen LogP) is 0.885. The maximum absolute atomic E-state index is 9.46. The molecule has 0 aromatic heterocycles. The summed E-state index contributed by atoms with van der Waals surface area (Å²) in [6.07, 6.45) is -0.601. The average molecular weight is 231 g/mol. The molecule has 3 N–H and O–H groups in total. The number of nitrogens with two attached hydrogens (primary N) is 1. The summed E-state index contributed by atoms with van der Waals surface area (Å²) in [6.45, 7) is 0.580. The first-order valence-electron chi connectivity index (χ1n) is 4.60. The van der Waals surface area contributed by atoms with Gasteiger partial charge in [-0.3, -0.25) is 5.84 Å². The highest BCUT2D eigenvalue weighted by molar-refractivity contribution is 6.30. The van der Waals surface area contributed by atoms with Gasteiger partial charge in [-0.1, -0.05) is 11.6 Å². The fraction of sp³-hybridized carbons (Fsp3) is 0.400. The van der Waals surface area contributed by atoms with Gasteiger partial charge in [-0.25, -0.2) is 5.01 Å². The van der Waals surface area contributed by atoms with Gasteiger partial charge < -0.3 is 9.84 Å². The topological polar surface area (TPSA) is 58.7 Å². The minimum absolute atomic E-state index is 0.211. The molecule has 1 aromatic carbocycles. The van der Waals surface area contributed by atoms with E-state index >= 15 is 0 Å². The smallest absolute Gasteiger partial charge is 0.119 e. The van der Waals surface area contributed by atoms with E-state index in [1.807, 2.05) is 0 Å². The van der Waals surface area contributed by atoms with Crippen molar-refractivity contribution >= 4 is 11.6 Å². The van der Waals surface area contributed by atoms with E-state index in [0.29, 0.717) is 17.3 Å². The zero-order chi connectivity index (χ0) is 11.3. The molecule has 5 heteroatoms. The summed E-state index contributed by atoms with van der Waals surface area (Å²) >= 11 is 5.72. The van der Waals surface area contributed by atoms with E-state index in [1.165, 1.54) is 5.01 Å². The molecule has 15 heavy (non-hydrogen) atoms. The SMILES string of the molecule is CN(N)CC(O)COc1ccc(Cl)cc1. The van der Waals surface area contributed by atoms with Gasteiger partial charge in [-0.15, -0.1) is 0 Å². The fourth-order valence-electron chi connectivity index (χ4n) is 1.11. The molecule has 0 bridgehead atoms. The van der Waals surface area contributed by atoms with Crippen molar-refractivity contribution < 1.29 is 9.84 Å². The molecule has 0 amide bonds. The normalized spacial score (nSPS) is 12.9. The van der Waals surface area contributed by atoms with Crippen molar-refractivity contribution in [3.63, 3.8) is 0 Å². The summed E-state index contributed by atoms with van der Waals surface area (Å²) in [4.78, 5) is 0. The number of rotatable bonds is 5. The number of benzene rings is 1. The Kier molecular flexibility index (Phi) is 4.84. The Morgan fingerprint density at radius 3 is 2.60 bits per heavy atom. The van der Waals surface area contributed by atoms with Gasteiger partial charge in [-0.2, -0.15) is 0 Å². The maximum Gasteiger partial charge on any atom is 0.119 e. The molecule has 0 heterocycles. The van der Waals surface area contributed by atoms with Crippen molar-refractivity contribution in [1.82, 2.24) is 5.01 Å². The summed E-state index contributed by atoms with van der Waals surface area (Å²) in [5, 5.41) is 11.5. The van der Waals surface area contributed by atoms with Crippen LogP contribution in [0.5, 0.6) is 5.75 Å². The molecule has 0 fully saturated rings. The third-order valence-corrected chi connectivity index (χ3v) is 2.01. The third kappa shape index (κ3) is 4.99. The molecule has 1 aromatic rings. The number of hydrazine groups is 1. The molecular formula is C10H15ClN2O2. The van der Waals surface area contributed by atoms with Gasteiger partial charge in [0.2, 0.25) is 0 Å². The lowest BCUT2D eigenvalue weighted by molar-refractivity contribution is 0.0765. The standard InChI is InChI=1S/C10H15ClN2O2/c1-13(12)6-9(14)7-15-10-4-2-8(11)3-5-10/h2-5,9,14H,6-7,12H2,1H3. The van der Waals surface area contributed by atoms with E-state index in [1.54, 1.807) is 31.3 Å². The highest BCUT2D eigenvalue weighted by Crippen LogP contribution is 2.15. The van der Waals surface area contributed by atoms with Crippen molar-refractivity contribution in [2.45, 2.75) is 6.10 Å². The monoisotopic (exact) mass is 230 g/mol. The van der Waals surface area contributed by atoms with E-state index < -0.39 is 6.10 Å². The van der Waals surface area contributed by atoms with Crippen LogP contribution in [-0.2, 0) is 0 Å². The second kappa shape index (κ2) is 5.92. The van der Waals surface area contributed by atoms with Crippen LogP contribution in [0.3, 0.4) is 0 Å². The third-order valence-electron chi connectivity index (χ3n) is 1.75. The minimum atomic E-state index is -0.601. The van der Waals surface area contributed by atoms with Crippen molar-refractivity contribution in [3.05, 3.63) is 29.3 Å². The van der Waals surface area contributed by atoms with Crippen LogP contribution in [0, 0.1) is 0 Å². The number of hydrogen-bond donors (Lipinski definition) is 2. The molecular weight excluding hydrogens is 216 g/mol. The van der Waals surface area contributed by atoms with Crippen molar-refractivity contribution in [3.8, 4) is 5.75 Å². The summed E-state index contributed by atoms with van der Waals surface area (Å²) < 4.78 is 5.33. The van der Waals surface area contributed by atoms with Crippen LogP contribution in [0.15, 0.2) is 24.3 Å². The second-order valence-electron chi connectivity index (χ2n) is 3.36. The average Bonchev–Trinajstić information content (AvgIpc) is 2.16. The van der Waals surface area contributed by atoms with E-state index in [0.717, 1.165) is 0 Å². The van der Waals surface area contributed by atoms with E-state index in [-0.39, 0.29) is 6.61 Å². The van der Waals surface area contributed by atoms with Crippen LogP contribution in [0.25, 0.3) is 0 Å². The molecule has 84 valence electrons. The van der Waals surface area contributed by atoms with Crippen LogP contribution in [0.4, 0.5) is 0 Å².